The van der Waals surface area contributed by atoms with Gasteiger partial charge >= 0.3 is 5.97 Å². The van der Waals surface area contributed by atoms with Gasteiger partial charge in [-0.05, 0) is 49.6 Å². The second kappa shape index (κ2) is 12.1. The first-order chi connectivity index (χ1) is 15.1. The molecular weight excluding hydrogens is 472 g/mol. The lowest BCUT2D eigenvalue weighted by atomic mass is 10.2. The lowest BCUT2D eigenvalue weighted by Gasteiger charge is -2.20. The Kier molecular flexibility index (Phi) is 9.88. The predicted octanol–water partition coefficient (Wildman–Crippen LogP) is 2.60. The molecule has 0 fully saturated rings. The molecule has 1 aromatic heterocycles. The average Bonchev–Trinajstić information content (AvgIpc) is 3.24. The number of Topliss-reactive ketones (excluding diaryl/α,β-unsaturated/α-hetero) is 1. The van der Waals surface area contributed by atoms with Crippen LogP contribution in [0.15, 0.2) is 47.4 Å². The number of thiophene rings is 1. The predicted molar refractivity (Wildman–Crippen MR) is 125 cm³/mol. The van der Waals surface area contributed by atoms with E-state index in [1.807, 2.05) is 6.26 Å². The van der Waals surface area contributed by atoms with E-state index in [9.17, 15) is 22.8 Å². The molecule has 0 radical (unpaired) electrons. The van der Waals surface area contributed by atoms with E-state index in [0.29, 0.717) is 17.2 Å². The van der Waals surface area contributed by atoms with Crippen molar-refractivity contribution in [3.63, 3.8) is 0 Å². The molecule has 0 aliphatic heterocycles. The first-order valence-corrected chi connectivity index (χ1v) is 13.5. The Hall–Kier alpha value is -2.21. The van der Waals surface area contributed by atoms with Crippen LogP contribution in [0.1, 0.15) is 34.8 Å². The molecule has 11 heteroatoms. The molecule has 2 rings (SSSR count). The summed E-state index contributed by atoms with van der Waals surface area (Å²) >= 11 is 2.66. The molecule has 1 amide bonds. The Bertz CT molecular complexity index is 1040. The van der Waals surface area contributed by atoms with E-state index in [1.54, 1.807) is 30.3 Å². The highest BCUT2D eigenvalue weighted by Crippen LogP contribution is 2.20. The van der Waals surface area contributed by atoms with Crippen LogP contribution in [0.3, 0.4) is 0 Å². The van der Waals surface area contributed by atoms with Crippen LogP contribution in [0, 0.1) is 0 Å². The van der Waals surface area contributed by atoms with Crippen LogP contribution >= 0.6 is 23.1 Å². The molecule has 174 valence electrons. The first kappa shape index (κ1) is 26.0. The number of sulfonamides is 1. The summed E-state index contributed by atoms with van der Waals surface area (Å²) in [6.07, 6.45) is 0.968. The zero-order valence-corrected chi connectivity index (χ0v) is 20.4. The highest BCUT2D eigenvalue weighted by molar-refractivity contribution is 7.98. The summed E-state index contributed by atoms with van der Waals surface area (Å²) in [5.74, 6) is -0.860. The fourth-order valence-corrected chi connectivity index (χ4v) is 5.32. The fourth-order valence-electron chi connectivity index (χ4n) is 2.64. The number of carbonyl (C=O) groups excluding carboxylic acids is 3. The van der Waals surface area contributed by atoms with Crippen molar-refractivity contribution in [1.82, 2.24) is 10.0 Å². The summed E-state index contributed by atoms with van der Waals surface area (Å²) in [7, 11) is -3.93. The molecule has 2 atom stereocenters. The van der Waals surface area contributed by atoms with Gasteiger partial charge in [-0.15, -0.1) is 11.3 Å². The molecule has 0 aliphatic carbocycles. The van der Waals surface area contributed by atoms with Crippen LogP contribution in [0.25, 0.3) is 0 Å². The smallest absolute Gasteiger partial charge is 0.324 e. The summed E-state index contributed by atoms with van der Waals surface area (Å²) in [5.41, 5.74) is 0. The highest BCUT2D eigenvalue weighted by Gasteiger charge is 2.30. The third kappa shape index (κ3) is 7.73. The number of thioether (sulfide) groups is 1. The molecule has 32 heavy (non-hydrogen) atoms. The van der Waals surface area contributed by atoms with Gasteiger partial charge in [0.25, 0.3) is 0 Å². The number of ketones is 1. The Morgan fingerprint density at radius 1 is 1.12 bits per heavy atom. The number of ether oxygens (including phenoxy) is 1. The van der Waals surface area contributed by atoms with Crippen LogP contribution in [0.5, 0.6) is 0 Å². The zero-order valence-electron chi connectivity index (χ0n) is 18.0. The van der Waals surface area contributed by atoms with E-state index in [0.717, 1.165) is 4.88 Å². The molecule has 0 saturated carbocycles. The number of carbonyl (C=O) groups is 3. The maximum atomic E-state index is 12.7. The number of hydrogen-bond donors (Lipinski definition) is 2. The fraction of sp³-hybridized carbons (Fsp3) is 0.381. The quantitative estimate of drug-likeness (QED) is 0.341. The minimum absolute atomic E-state index is 0.0383. The number of hydrogen-bond acceptors (Lipinski definition) is 8. The topological polar surface area (TPSA) is 119 Å². The van der Waals surface area contributed by atoms with E-state index < -0.39 is 33.9 Å². The molecule has 2 N–H and O–H groups in total. The van der Waals surface area contributed by atoms with Crippen molar-refractivity contribution < 1.29 is 27.5 Å². The Morgan fingerprint density at radius 2 is 1.81 bits per heavy atom. The molecule has 0 spiro atoms. The third-order valence-corrected chi connectivity index (χ3v) is 7.56. The summed E-state index contributed by atoms with van der Waals surface area (Å²) in [5, 5.41) is 2.65. The molecule has 0 aliphatic rings. The molecular formula is C21H26N2O6S3. The molecule has 8 nitrogen and oxygen atoms in total. The molecule has 0 bridgehead atoms. The Balaban J connectivity index is 2.06. The minimum atomic E-state index is -3.93. The lowest BCUT2D eigenvalue weighted by molar-refractivity contribution is -0.148. The number of nitrogens with one attached hydrogen (secondary N) is 2. The van der Waals surface area contributed by atoms with Crippen LogP contribution < -0.4 is 10.0 Å². The van der Waals surface area contributed by atoms with Gasteiger partial charge in [-0.25, -0.2) is 8.42 Å². The van der Waals surface area contributed by atoms with Crippen LogP contribution in [-0.4, -0.2) is 50.2 Å². The first-order valence-electron chi connectivity index (χ1n) is 9.78. The van der Waals surface area contributed by atoms with Gasteiger partial charge in [-0.1, -0.05) is 18.2 Å². The van der Waals surface area contributed by atoms with Gasteiger partial charge in [0.15, 0.2) is 6.10 Å². The van der Waals surface area contributed by atoms with Gasteiger partial charge in [0.1, 0.15) is 6.04 Å². The second-order valence-corrected chi connectivity index (χ2v) is 10.8. The number of rotatable bonds is 12. The van der Waals surface area contributed by atoms with E-state index >= 15 is 0 Å². The number of amides is 1. The maximum absolute atomic E-state index is 12.7. The summed E-state index contributed by atoms with van der Waals surface area (Å²) in [4.78, 5) is 37.7. The summed E-state index contributed by atoms with van der Waals surface area (Å²) in [6, 6.07) is 9.94. The Labute approximate surface area is 196 Å². The third-order valence-electron chi connectivity index (χ3n) is 4.32. The molecule has 1 heterocycles. The van der Waals surface area contributed by atoms with E-state index in [1.165, 1.54) is 49.1 Å². The molecule has 1 aromatic carbocycles. The standard InChI is InChI=1S/C21H26N2O6S3/c1-14(20(25)19-10-9-16(31-19)13-22-15(2)24)29-21(26)18(11-12-30-3)23-32(27,28)17-7-5-4-6-8-17/h4-10,14,18,23H,11-13H2,1-3H3,(H,22,24). The molecule has 2 unspecified atom stereocenters. The maximum Gasteiger partial charge on any atom is 0.324 e. The van der Waals surface area contributed by atoms with Gasteiger partial charge in [0.05, 0.1) is 16.3 Å². The Morgan fingerprint density at radius 3 is 2.44 bits per heavy atom. The van der Waals surface area contributed by atoms with E-state index in [4.69, 9.17) is 4.74 Å². The lowest BCUT2D eigenvalue weighted by Crippen LogP contribution is -2.43. The largest absolute Gasteiger partial charge is 0.453 e. The van der Waals surface area contributed by atoms with Crippen molar-refractivity contribution >= 4 is 50.8 Å². The van der Waals surface area contributed by atoms with Crippen LogP contribution in [0.2, 0.25) is 0 Å². The summed E-state index contributed by atoms with van der Waals surface area (Å²) in [6.45, 7) is 3.16. The van der Waals surface area contributed by atoms with Crippen molar-refractivity contribution in [3.05, 3.63) is 52.2 Å². The van der Waals surface area contributed by atoms with Gasteiger partial charge in [-0.2, -0.15) is 16.5 Å². The monoisotopic (exact) mass is 498 g/mol. The number of esters is 1. The van der Waals surface area contributed by atoms with Crippen molar-refractivity contribution in [2.75, 3.05) is 12.0 Å². The minimum Gasteiger partial charge on any atom is -0.453 e. The van der Waals surface area contributed by atoms with Crippen molar-refractivity contribution in [2.24, 2.45) is 0 Å². The SMILES string of the molecule is CSCCC(NS(=O)(=O)c1ccccc1)C(=O)OC(C)C(=O)c1ccc(CNC(C)=O)s1. The van der Waals surface area contributed by atoms with Gasteiger partial charge < -0.3 is 10.1 Å². The van der Waals surface area contributed by atoms with Gasteiger partial charge in [0, 0.05) is 11.8 Å². The van der Waals surface area contributed by atoms with Crippen LogP contribution in [-0.2, 0) is 30.9 Å². The van der Waals surface area contributed by atoms with Crippen LogP contribution in [0.4, 0.5) is 0 Å². The van der Waals surface area contributed by atoms with E-state index in [-0.39, 0.29) is 17.2 Å². The van der Waals surface area contributed by atoms with Crippen molar-refractivity contribution in [2.45, 2.75) is 43.9 Å². The second-order valence-electron chi connectivity index (χ2n) is 6.89. The molecule has 2 aromatic rings. The van der Waals surface area contributed by atoms with Gasteiger partial charge in [0.2, 0.25) is 21.7 Å². The normalized spacial score (nSPS) is 13.2. The van der Waals surface area contributed by atoms with Gasteiger partial charge in [-0.3, -0.25) is 14.4 Å². The zero-order chi connectivity index (χ0) is 23.7. The number of benzene rings is 1. The van der Waals surface area contributed by atoms with Crippen molar-refractivity contribution in [1.29, 1.82) is 0 Å². The highest BCUT2D eigenvalue weighted by atomic mass is 32.2. The van der Waals surface area contributed by atoms with E-state index in [2.05, 4.69) is 10.0 Å². The molecule has 0 saturated heterocycles. The average molecular weight is 499 g/mol. The van der Waals surface area contributed by atoms with Crippen molar-refractivity contribution in [3.8, 4) is 0 Å². The summed E-state index contributed by atoms with van der Waals surface area (Å²) < 4.78 is 33.0.